The van der Waals surface area contributed by atoms with Crippen LogP contribution in [-0.2, 0) is 4.79 Å². The largest absolute Gasteiger partial charge is 0.394 e. The lowest BCUT2D eigenvalue weighted by Gasteiger charge is -2.38. The first-order valence-corrected chi connectivity index (χ1v) is 7.60. The lowest BCUT2D eigenvalue weighted by atomic mass is 9.77. The Morgan fingerprint density at radius 2 is 2.00 bits per heavy atom. The molecule has 0 heterocycles. The Morgan fingerprint density at radius 3 is 2.53 bits per heavy atom. The zero-order valence-corrected chi connectivity index (χ0v) is 12.7. The lowest BCUT2D eigenvalue weighted by molar-refractivity contribution is -0.120. The number of nitrogens with one attached hydrogen (secondary N) is 2. The summed E-state index contributed by atoms with van der Waals surface area (Å²) in [6, 6.07) is 0. The van der Waals surface area contributed by atoms with Crippen LogP contribution in [0, 0.1) is 11.8 Å². The number of amides is 1. The van der Waals surface area contributed by atoms with E-state index in [1.54, 1.807) is 0 Å². The number of hydrogen-bond acceptors (Lipinski definition) is 3. The van der Waals surface area contributed by atoms with Crippen LogP contribution in [0.25, 0.3) is 0 Å². The fourth-order valence-corrected chi connectivity index (χ4v) is 2.54. The maximum absolute atomic E-state index is 11.7. The van der Waals surface area contributed by atoms with E-state index in [1.165, 1.54) is 0 Å². The number of hydrogen-bond donors (Lipinski definition) is 3. The molecule has 1 aliphatic rings. The molecule has 1 aliphatic carbocycles. The van der Waals surface area contributed by atoms with Crippen molar-refractivity contribution in [2.45, 2.75) is 58.4 Å². The highest BCUT2D eigenvalue weighted by Crippen LogP contribution is 2.31. The highest BCUT2D eigenvalue weighted by molar-refractivity contribution is 5.78. The molecule has 0 aromatic carbocycles. The average Bonchev–Trinajstić information content (AvgIpc) is 2.38. The van der Waals surface area contributed by atoms with Crippen LogP contribution in [0.3, 0.4) is 0 Å². The van der Waals surface area contributed by atoms with Gasteiger partial charge in [-0.2, -0.15) is 0 Å². The quantitative estimate of drug-likeness (QED) is 0.659. The summed E-state index contributed by atoms with van der Waals surface area (Å²) in [5.74, 6) is 1.38. The Labute approximate surface area is 117 Å². The summed E-state index contributed by atoms with van der Waals surface area (Å²) < 4.78 is 0. The molecule has 0 unspecified atom stereocenters. The fraction of sp³-hybridized carbons (Fsp3) is 0.933. The highest BCUT2D eigenvalue weighted by Gasteiger charge is 2.33. The molecule has 4 nitrogen and oxygen atoms in total. The Kier molecular flexibility index (Phi) is 6.80. The summed E-state index contributed by atoms with van der Waals surface area (Å²) in [5, 5.41) is 15.8. The van der Waals surface area contributed by atoms with Crippen LogP contribution in [0.2, 0.25) is 0 Å². The van der Waals surface area contributed by atoms with Gasteiger partial charge in [-0.3, -0.25) is 4.79 Å². The molecule has 1 amide bonds. The normalized spacial score (nSPS) is 27.5. The van der Waals surface area contributed by atoms with E-state index in [0.29, 0.717) is 12.5 Å². The van der Waals surface area contributed by atoms with E-state index >= 15 is 0 Å². The summed E-state index contributed by atoms with van der Waals surface area (Å²) in [5.41, 5.74) is -0.234. The maximum atomic E-state index is 11.7. The second-order valence-corrected chi connectivity index (χ2v) is 6.51. The van der Waals surface area contributed by atoms with Crippen molar-refractivity contribution >= 4 is 5.91 Å². The van der Waals surface area contributed by atoms with Crippen LogP contribution in [0.5, 0.6) is 0 Å². The van der Waals surface area contributed by atoms with Crippen molar-refractivity contribution in [1.29, 1.82) is 0 Å². The average molecular weight is 270 g/mol. The molecule has 0 radical (unpaired) electrons. The number of aliphatic hydroxyl groups excluding tert-OH is 1. The molecule has 0 saturated heterocycles. The number of rotatable bonds is 7. The van der Waals surface area contributed by atoms with Gasteiger partial charge in [0.05, 0.1) is 13.2 Å². The van der Waals surface area contributed by atoms with E-state index < -0.39 is 0 Å². The highest BCUT2D eigenvalue weighted by atomic mass is 16.3. The molecule has 0 aromatic rings. The van der Waals surface area contributed by atoms with Crippen LogP contribution in [-0.4, -0.2) is 36.2 Å². The molecule has 19 heavy (non-hydrogen) atoms. The first-order valence-electron chi connectivity index (χ1n) is 7.60. The summed E-state index contributed by atoms with van der Waals surface area (Å²) in [7, 11) is 0. The van der Waals surface area contributed by atoms with Crippen molar-refractivity contribution in [3.63, 3.8) is 0 Å². The van der Waals surface area contributed by atoms with Gasteiger partial charge in [-0.25, -0.2) is 0 Å². The zero-order valence-electron chi connectivity index (χ0n) is 12.7. The van der Waals surface area contributed by atoms with Crippen molar-refractivity contribution < 1.29 is 9.90 Å². The Balaban J connectivity index is 2.27. The predicted octanol–water partition coefficient (Wildman–Crippen LogP) is 1.68. The topological polar surface area (TPSA) is 61.4 Å². The Morgan fingerprint density at radius 1 is 1.37 bits per heavy atom. The standard InChI is InChI=1S/C15H30N2O2/c1-12(2)6-9-16-14(19)10-17-15(11-18)7-4-13(3)5-8-15/h12-13,17-18H,4-11H2,1-3H3,(H,16,19). The van der Waals surface area contributed by atoms with Crippen LogP contribution in [0.1, 0.15) is 52.9 Å². The van der Waals surface area contributed by atoms with Crippen LogP contribution >= 0.6 is 0 Å². The van der Waals surface area contributed by atoms with Crippen molar-refractivity contribution in [3.8, 4) is 0 Å². The van der Waals surface area contributed by atoms with Crippen LogP contribution in [0.4, 0.5) is 0 Å². The summed E-state index contributed by atoms with van der Waals surface area (Å²) in [6.45, 7) is 7.72. The van der Waals surface area contributed by atoms with E-state index in [-0.39, 0.29) is 18.1 Å². The molecular weight excluding hydrogens is 240 g/mol. The van der Waals surface area contributed by atoms with Gasteiger partial charge in [0, 0.05) is 12.1 Å². The molecular formula is C15H30N2O2. The summed E-state index contributed by atoms with van der Waals surface area (Å²) in [6.07, 6.45) is 5.19. The number of carbonyl (C=O) groups is 1. The minimum Gasteiger partial charge on any atom is -0.394 e. The molecule has 112 valence electrons. The van der Waals surface area contributed by atoms with Crippen molar-refractivity contribution in [2.24, 2.45) is 11.8 Å². The maximum Gasteiger partial charge on any atom is 0.233 e. The van der Waals surface area contributed by atoms with Gasteiger partial charge in [0.15, 0.2) is 0 Å². The number of aliphatic hydroxyl groups is 1. The minimum atomic E-state index is -0.234. The minimum absolute atomic E-state index is 0.0343. The fourth-order valence-electron chi connectivity index (χ4n) is 2.54. The lowest BCUT2D eigenvalue weighted by Crippen LogP contribution is -2.53. The monoisotopic (exact) mass is 270 g/mol. The van der Waals surface area contributed by atoms with Crippen molar-refractivity contribution in [3.05, 3.63) is 0 Å². The van der Waals surface area contributed by atoms with E-state index in [4.69, 9.17) is 0 Å². The molecule has 0 bridgehead atoms. The molecule has 3 N–H and O–H groups in total. The Bertz CT molecular complexity index is 271. The smallest absolute Gasteiger partial charge is 0.233 e. The third-order valence-corrected chi connectivity index (χ3v) is 4.20. The Hall–Kier alpha value is -0.610. The third kappa shape index (κ3) is 5.91. The first kappa shape index (κ1) is 16.4. The van der Waals surface area contributed by atoms with Crippen molar-refractivity contribution in [1.82, 2.24) is 10.6 Å². The molecule has 1 fully saturated rings. The molecule has 0 aromatic heterocycles. The summed E-state index contributed by atoms with van der Waals surface area (Å²) in [4.78, 5) is 11.7. The number of carbonyl (C=O) groups excluding carboxylic acids is 1. The third-order valence-electron chi connectivity index (χ3n) is 4.20. The van der Waals surface area contributed by atoms with E-state index in [0.717, 1.165) is 44.6 Å². The van der Waals surface area contributed by atoms with Gasteiger partial charge < -0.3 is 15.7 Å². The SMILES string of the molecule is CC(C)CCNC(=O)CNC1(CO)CCC(C)CC1. The predicted molar refractivity (Wildman–Crippen MR) is 77.9 cm³/mol. The van der Waals surface area contributed by atoms with Crippen molar-refractivity contribution in [2.75, 3.05) is 19.7 Å². The van der Waals surface area contributed by atoms with Gasteiger partial charge in [0.1, 0.15) is 0 Å². The molecule has 1 saturated carbocycles. The van der Waals surface area contributed by atoms with Crippen LogP contribution < -0.4 is 10.6 Å². The van der Waals surface area contributed by atoms with Crippen LogP contribution in [0.15, 0.2) is 0 Å². The second kappa shape index (κ2) is 7.85. The van der Waals surface area contributed by atoms with Gasteiger partial charge in [-0.15, -0.1) is 0 Å². The van der Waals surface area contributed by atoms with Gasteiger partial charge in [0.2, 0.25) is 5.91 Å². The first-order chi connectivity index (χ1) is 8.97. The van der Waals surface area contributed by atoms with E-state index in [1.807, 2.05) is 0 Å². The van der Waals surface area contributed by atoms with E-state index in [2.05, 4.69) is 31.4 Å². The van der Waals surface area contributed by atoms with E-state index in [9.17, 15) is 9.90 Å². The molecule has 1 rings (SSSR count). The molecule has 0 atom stereocenters. The van der Waals surface area contributed by atoms with Gasteiger partial charge in [-0.1, -0.05) is 20.8 Å². The van der Waals surface area contributed by atoms with Gasteiger partial charge in [0.25, 0.3) is 0 Å². The van der Waals surface area contributed by atoms with Gasteiger partial charge in [-0.05, 0) is 43.9 Å². The van der Waals surface area contributed by atoms with Gasteiger partial charge >= 0.3 is 0 Å². The second-order valence-electron chi connectivity index (χ2n) is 6.51. The molecule has 4 heteroatoms. The summed E-state index contributed by atoms with van der Waals surface area (Å²) >= 11 is 0. The molecule has 0 aliphatic heterocycles. The molecule has 0 spiro atoms. The zero-order chi connectivity index (χ0) is 14.3.